The molecule has 0 radical (unpaired) electrons. The van der Waals surface area contributed by atoms with Gasteiger partial charge >= 0.3 is 10.8 Å². The number of rotatable bonds is 6. The molecule has 0 saturated carbocycles. The van der Waals surface area contributed by atoms with Crippen LogP contribution in [0.15, 0.2) is 15.3 Å². The minimum atomic E-state index is -0.903. The molecule has 20 heavy (non-hydrogen) atoms. The van der Waals surface area contributed by atoms with E-state index in [-0.39, 0.29) is 16.5 Å². The number of hydrogen-bond acceptors (Lipinski definition) is 6. The van der Waals surface area contributed by atoms with E-state index in [4.69, 9.17) is 5.11 Å². The van der Waals surface area contributed by atoms with E-state index >= 15 is 0 Å². The summed E-state index contributed by atoms with van der Waals surface area (Å²) in [5.74, 6) is -0.0484. The molecule has 0 aromatic carbocycles. The Morgan fingerprint density at radius 2 is 2.30 bits per heavy atom. The molecule has 2 rings (SSSR count). The molecule has 0 aliphatic carbocycles. The highest BCUT2D eigenvalue weighted by Crippen LogP contribution is 2.22. The fourth-order valence-corrected chi connectivity index (χ4v) is 2.91. The number of aromatic nitrogens is 4. The van der Waals surface area contributed by atoms with Gasteiger partial charge in [-0.2, -0.15) is 0 Å². The van der Waals surface area contributed by atoms with Crippen molar-refractivity contribution < 1.29 is 9.90 Å². The van der Waals surface area contributed by atoms with E-state index < -0.39 is 5.97 Å². The summed E-state index contributed by atoms with van der Waals surface area (Å²) in [6, 6.07) is 0. The van der Waals surface area contributed by atoms with Gasteiger partial charge in [0.15, 0.2) is 5.16 Å². The number of carboxylic acids is 1. The Morgan fingerprint density at radius 1 is 1.55 bits per heavy atom. The van der Waals surface area contributed by atoms with Gasteiger partial charge in [-0.25, -0.2) is 0 Å². The Kier molecular flexibility index (Phi) is 4.61. The van der Waals surface area contributed by atoms with Crippen LogP contribution in [0.5, 0.6) is 0 Å². The van der Waals surface area contributed by atoms with E-state index in [1.54, 1.807) is 5.38 Å². The number of aliphatic carboxylic acids is 1. The summed E-state index contributed by atoms with van der Waals surface area (Å²) in [4.78, 5) is 24.5. The maximum Gasteiger partial charge on any atom is 0.313 e. The molecule has 2 aromatic rings. The maximum absolute atomic E-state index is 11.2. The molecule has 0 fully saturated rings. The molecule has 0 amide bonds. The number of nitrogens with one attached hydrogen (secondary N) is 1. The van der Waals surface area contributed by atoms with Crippen LogP contribution in [0.4, 0.5) is 0 Å². The SMILES string of the molecule is CC(C)c1nnc(SCC(=O)O)n1Cc1csc(=O)[nH]1. The van der Waals surface area contributed by atoms with Gasteiger partial charge in [-0.1, -0.05) is 36.9 Å². The average Bonchev–Trinajstić information content (AvgIpc) is 2.94. The van der Waals surface area contributed by atoms with Crippen molar-refractivity contribution in [3.8, 4) is 0 Å². The number of carbonyl (C=O) groups is 1. The Morgan fingerprint density at radius 3 is 2.85 bits per heavy atom. The quantitative estimate of drug-likeness (QED) is 0.781. The minimum absolute atomic E-state index is 0.0730. The Hall–Kier alpha value is -1.61. The molecule has 2 heterocycles. The summed E-state index contributed by atoms with van der Waals surface area (Å²) in [5, 5.41) is 19.2. The summed E-state index contributed by atoms with van der Waals surface area (Å²) in [7, 11) is 0. The van der Waals surface area contributed by atoms with Crippen LogP contribution in [-0.2, 0) is 11.3 Å². The van der Waals surface area contributed by atoms with Gasteiger partial charge in [-0.15, -0.1) is 10.2 Å². The smallest absolute Gasteiger partial charge is 0.313 e. The molecular weight excluding hydrogens is 300 g/mol. The van der Waals surface area contributed by atoms with Gasteiger partial charge in [-0.3, -0.25) is 14.2 Å². The third kappa shape index (κ3) is 3.48. The zero-order chi connectivity index (χ0) is 14.7. The Balaban J connectivity index is 2.28. The predicted molar refractivity (Wildman–Crippen MR) is 76.5 cm³/mol. The van der Waals surface area contributed by atoms with Crippen molar-refractivity contribution in [1.82, 2.24) is 19.7 Å². The van der Waals surface area contributed by atoms with Gasteiger partial charge in [-0.05, 0) is 0 Å². The number of thioether (sulfide) groups is 1. The summed E-state index contributed by atoms with van der Waals surface area (Å²) < 4.78 is 1.84. The van der Waals surface area contributed by atoms with Crippen LogP contribution in [0.25, 0.3) is 0 Å². The highest BCUT2D eigenvalue weighted by Gasteiger charge is 2.17. The van der Waals surface area contributed by atoms with Crippen LogP contribution in [0.3, 0.4) is 0 Å². The van der Waals surface area contributed by atoms with Crippen LogP contribution in [0.1, 0.15) is 31.3 Å². The van der Waals surface area contributed by atoms with Crippen LogP contribution < -0.4 is 4.87 Å². The van der Waals surface area contributed by atoms with E-state index in [9.17, 15) is 9.59 Å². The fourth-order valence-electron chi connectivity index (χ4n) is 1.67. The first-order valence-corrected chi connectivity index (χ1v) is 7.78. The second-order valence-electron chi connectivity index (χ2n) is 4.44. The molecule has 0 unspecified atom stereocenters. The Bertz CT molecular complexity index is 659. The van der Waals surface area contributed by atoms with Gasteiger partial charge in [0, 0.05) is 17.0 Å². The minimum Gasteiger partial charge on any atom is -0.481 e. The third-order valence-corrected chi connectivity index (χ3v) is 4.16. The molecule has 0 aliphatic rings. The Labute approximate surface area is 123 Å². The summed E-state index contributed by atoms with van der Waals surface area (Å²) >= 11 is 2.22. The van der Waals surface area contributed by atoms with Gasteiger partial charge in [0.1, 0.15) is 5.82 Å². The van der Waals surface area contributed by atoms with E-state index in [2.05, 4.69) is 15.2 Å². The fraction of sp³-hybridized carbons (Fsp3) is 0.455. The molecule has 9 heteroatoms. The second-order valence-corrected chi connectivity index (χ2v) is 6.22. The predicted octanol–water partition coefficient (Wildman–Crippen LogP) is 1.38. The van der Waals surface area contributed by atoms with Gasteiger partial charge in [0.2, 0.25) is 0 Å². The first-order valence-electron chi connectivity index (χ1n) is 5.91. The van der Waals surface area contributed by atoms with Gasteiger partial charge in [0.05, 0.1) is 12.3 Å². The molecular formula is C11H14N4O3S2. The molecule has 0 bridgehead atoms. The number of thiazole rings is 1. The van der Waals surface area contributed by atoms with Crippen LogP contribution in [-0.4, -0.2) is 36.6 Å². The summed E-state index contributed by atoms with van der Waals surface area (Å²) in [5.41, 5.74) is 0.763. The van der Waals surface area contributed by atoms with Gasteiger partial charge < -0.3 is 10.1 Å². The molecule has 0 spiro atoms. The van der Waals surface area contributed by atoms with E-state index in [1.807, 2.05) is 18.4 Å². The van der Waals surface area contributed by atoms with Crippen molar-refractivity contribution in [2.24, 2.45) is 0 Å². The zero-order valence-electron chi connectivity index (χ0n) is 11.0. The van der Waals surface area contributed by atoms with Crippen LogP contribution in [0, 0.1) is 0 Å². The number of hydrogen-bond donors (Lipinski definition) is 2. The highest BCUT2D eigenvalue weighted by molar-refractivity contribution is 7.99. The van der Waals surface area contributed by atoms with Crippen LogP contribution in [0.2, 0.25) is 0 Å². The van der Waals surface area contributed by atoms with Crippen molar-refractivity contribution in [3.63, 3.8) is 0 Å². The highest BCUT2D eigenvalue weighted by atomic mass is 32.2. The van der Waals surface area contributed by atoms with E-state index in [0.29, 0.717) is 11.7 Å². The van der Waals surface area contributed by atoms with Crippen molar-refractivity contribution >= 4 is 29.1 Å². The van der Waals surface area contributed by atoms with E-state index in [0.717, 1.165) is 34.6 Å². The lowest BCUT2D eigenvalue weighted by atomic mass is 10.2. The third-order valence-electron chi connectivity index (χ3n) is 2.49. The van der Waals surface area contributed by atoms with Crippen molar-refractivity contribution in [1.29, 1.82) is 0 Å². The lowest BCUT2D eigenvalue weighted by Crippen LogP contribution is -2.10. The lowest BCUT2D eigenvalue weighted by molar-refractivity contribution is -0.133. The first kappa shape index (κ1) is 14.8. The lowest BCUT2D eigenvalue weighted by Gasteiger charge is -2.10. The standard InChI is InChI=1S/C11H14N4O3S2/c1-6(2)9-13-14-10(19-5-8(16)17)15(9)3-7-4-20-11(18)12-7/h4,6H,3,5H2,1-2H3,(H,12,18)(H,16,17). The molecule has 0 saturated heterocycles. The number of H-pyrrole nitrogens is 1. The number of nitrogens with zero attached hydrogens (tertiary/aromatic N) is 3. The van der Waals surface area contributed by atoms with E-state index in [1.165, 1.54) is 0 Å². The summed E-state index contributed by atoms with van der Waals surface area (Å²) in [6.07, 6.45) is 0. The van der Waals surface area contributed by atoms with Gasteiger partial charge in [0.25, 0.3) is 0 Å². The first-order chi connectivity index (χ1) is 9.47. The van der Waals surface area contributed by atoms with Crippen LogP contribution >= 0.6 is 23.1 Å². The maximum atomic E-state index is 11.2. The summed E-state index contributed by atoms with van der Waals surface area (Å²) in [6.45, 7) is 4.41. The number of aromatic amines is 1. The molecule has 108 valence electrons. The molecule has 0 atom stereocenters. The largest absolute Gasteiger partial charge is 0.481 e. The topological polar surface area (TPSA) is 101 Å². The molecule has 7 nitrogen and oxygen atoms in total. The second kappa shape index (κ2) is 6.23. The monoisotopic (exact) mass is 314 g/mol. The van der Waals surface area contributed by atoms with Crippen molar-refractivity contribution in [3.05, 3.63) is 26.6 Å². The molecule has 2 aromatic heterocycles. The number of carboxylic acid groups (broad SMARTS) is 1. The normalized spacial score (nSPS) is 11.2. The van der Waals surface area contributed by atoms with Crippen molar-refractivity contribution in [2.45, 2.75) is 31.5 Å². The zero-order valence-corrected chi connectivity index (χ0v) is 12.6. The molecule has 2 N–H and O–H groups in total. The van der Waals surface area contributed by atoms with Crippen molar-refractivity contribution in [2.75, 3.05) is 5.75 Å². The average molecular weight is 314 g/mol. The molecule has 0 aliphatic heterocycles.